The average molecular weight is 312 g/mol. The van der Waals surface area contributed by atoms with Gasteiger partial charge in [-0.1, -0.05) is 36.9 Å². The Morgan fingerprint density at radius 3 is 3.00 bits per heavy atom. The van der Waals surface area contributed by atoms with E-state index in [2.05, 4.69) is 33.9 Å². The number of hydrogen-bond donors (Lipinski definition) is 0. The van der Waals surface area contributed by atoms with Gasteiger partial charge in [-0.3, -0.25) is 9.48 Å². The Morgan fingerprint density at radius 1 is 1.50 bits per heavy atom. The summed E-state index contributed by atoms with van der Waals surface area (Å²) in [7, 11) is 1.37. The summed E-state index contributed by atoms with van der Waals surface area (Å²) in [6.45, 7) is 5.17. The van der Waals surface area contributed by atoms with Crippen molar-refractivity contribution in [2.24, 2.45) is 5.92 Å². The lowest BCUT2D eigenvalue weighted by atomic mass is 10.2. The maximum absolute atomic E-state index is 11.1. The Balaban J connectivity index is 2.01. The minimum atomic E-state index is -0.270. The number of esters is 1. The fourth-order valence-electron chi connectivity index (χ4n) is 1.50. The number of thioether (sulfide) groups is 1. The molecular formula is C12H16N4O2S2. The van der Waals surface area contributed by atoms with Gasteiger partial charge < -0.3 is 4.74 Å². The minimum Gasteiger partial charge on any atom is -0.468 e. The van der Waals surface area contributed by atoms with Crippen LogP contribution in [0.4, 0.5) is 0 Å². The minimum absolute atomic E-state index is 0.243. The third-order valence-electron chi connectivity index (χ3n) is 2.36. The molecule has 0 aromatic carbocycles. The number of carbonyl (C=O) groups is 1. The van der Waals surface area contributed by atoms with Crippen LogP contribution in [-0.2, 0) is 16.1 Å². The maximum atomic E-state index is 11.1. The topological polar surface area (TPSA) is 69.9 Å². The number of hydrogen-bond acceptors (Lipinski definition) is 7. The SMILES string of the molecule is COC(=O)CSc1nnc(-c2ccn(CC(C)C)n2)s1. The predicted octanol–water partition coefficient (Wildman–Crippen LogP) is 2.32. The molecule has 0 aliphatic heterocycles. The van der Waals surface area contributed by atoms with Crippen LogP contribution >= 0.6 is 23.1 Å². The molecule has 2 heterocycles. The molecule has 2 aromatic heterocycles. The number of carbonyl (C=O) groups excluding carboxylic acids is 1. The Morgan fingerprint density at radius 2 is 2.30 bits per heavy atom. The van der Waals surface area contributed by atoms with Crippen molar-refractivity contribution in [3.05, 3.63) is 12.3 Å². The van der Waals surface area contributed by atoms with Crippen LogP contribution in [0.2, 0.25) is 0 Å². The summed E-state index contributed by atoms with van der Waals surface area (Å²) >= 11 is 2.75. The van der Waals surface area contributed by atoms with Gasteiger partial charge in [0.05, 0.1) is 12.9 Å². The van der Waals surface area contributed by atoms with Gasteiger partial charge >= 0.3 is 5.97 Å². The van der Waals surface area contributed by atoms with Crippen molar-refractivity contribution in [1.29, 1.82) is 0 Å². The van der Waals surface area contributed by atoms with Gasteiger partial charge in [-0.25, -0.2) is 0 Å². The standard InChI is InChI=1S/C12H16N4O2S2/c1-8(2)6-16-5-4-9(15-16)11-13-14-12(20-11)19-7-10(17)18-3/h4-5,8H,6-7H2,1-3H3. The number of rotatable bonds is 6. The van der Waals surface area contributed by atoms with E-state index < -0.39 is 0 Å². The highest BCUT2D eigenvalue weighted by atomic mass is 32.2. The normalized spacial score (nSPS) is 11.0. The molecule has 0 amide bonds. The van der Waals surface area contributed by atoms with Gasteiger partial charge in [0.1, 0.15) is 5.69 Å². The summed E-state index contributed by atoms with van der Waals surface area (Å²) in [6.07, 6.45) is 1.94. The van der Waals surface area contributed by atoms with Crippen molar-refractivity contribution < 1.29 is 9.53 Å². The van der Waals surface area contributed by atoms with Gasteiger partial charge in [0, 0.05) is 12.7 Å². The van der Waals surface area contributed by atoms with E-state index in [1.165, 1.54) is 30.2 Å². The number of aromatic nitrogens is 4. The van der Waals surface area contributed by atoms with Crippen LogP contribution in [0.3, 0.4) is 0 Å². The molecule has 108 valence electrons. The van der Waals surface area contributed by atoms with Crippen LogP contribution in [0.15, 0.2) is 16.6 Å². The van der Waals surface area contributed by atoms with E-state index in [0.29, 0.717) is 5.92 Å². The van der Waals surface area contributed by atoms with E-state index in [4.69, 9.17) is 0 Å². The summed E-state index contributed by atoms with van der Waals surface area (Å²) in [5.74, 6) is 0.517. The number of methoxy groups -OCH3 is 1. The summed E-state index contributed by atoms with van der Waals surface area (Å²) in [5, 5.41) is 13.4. The summed E-state index contributed by atoms with van der Waals surface area (Å²) < 4.78 is 7.23. The Bertz CT molecular complexity index is 580. The van der Waals surface area contributed by atoms with Crippen molar-refractivity contribution in [3.8, 4) is 10.7 Å². The Kier molecular flexibility index (Phi) is 5.13. The molecule has 2 aromatic rings. The molecule has 0 bridgehead atoms. The van der Waals surface area contributed by atoms with Crippen LogP contribution in [0, 0.1) is 5.92 Å². The van der Waals surface area contributed by atoms with Crippen LogP contribution in [0.25, 0.3) is 10.7 Å². The lowest BCUT2D eigenvalue weighted by molar-refractivity contribution is -0.137. The molecule has 6 nitrogen and oxygen atoms in total. The summed E-state index contributed by atoms with van der Waals surface area (Å²) in [5.41, 5.74) is 0.813. The van der Waals surface area contributed by atoms with Crippen LogP contribution in [0.1, 0.15) is 13.8 Å². The maximum Gasteiger partial charge on any atom is 0.316 e. The van der Waals surface area contributed by atoms with Crippen molar-refractivity contribution >= 4 is 29.1 Å². The third-order valence-corrected chi connectivity index (χ3v) is 4.41. The van der Waals surface area contributed by atoms with E-state index in [0.717, 1.165) is 21.6 Å². The average Bonchev–Trinajstić information content (AvgIpc) is 3.03. The molecule has 0 aliphatic carbocycles. The summed E-state index contributed by atoms with van der Waals surface area (Å²) in [6, 6.07) is 1.93. The Labute approximate surface area is 125 Å². The van der Waals surface area contributed by atoms with Gasteiger partial charge in [-0.15, -0.1) is 10.2 Å². The van der Waals surface area contributed by atoms with E-state index >= 15 is 0 Å². The van der Waals surface area contributed by atoms with Crippen molar-refractivity contribution in [2.75, 3.05) is 12.9 Å². The first kappa shape index (κ1) is 15.0. The first-order valence-electron chi connectivity index (χ1n) is 6.15. The highest BCUT2D eigenvalue weighted by Crippen LogP contribution is 2.28. The van der Waals surface area contributed by atoms with E-state index in [9.17, 15) is 4.79 Å². The van der Waals surface area contributed by atoms with Gasteiger partial charge in [-0.05, 0) is 12.0 Å². The zero-order chi connectivity index (χ0) is 14.5. The van der Waals surface area contributed by atoms with Crippen molar-refractivity contribution in [1.82, 2.24) is 20.0 Å². The number of nitrogens with zero attached hydrogens (tertiary/aromatic N) is 4. The molecule has 0 aliphatic rings. The fourth-order valence-corrected chi connectivity index (χ4v) is 3.15. The van der Waals surface area contributed by atoms with Gasteiger partial charge in [0.25, 0.3) is 0 Å². The fraction of sp³-hybridized carbons (Fsp3) is 0.500. The molecule has 0 N–H and O–H groups in total. The highest BCUT2D eigenvalue weighted by molar-refractivity contribution is 8.01. The second-order valence-electron chi connectivity index (χ2n) is 4.55. The van der Waals surface area contributed by atoms with E-state index in [1.54, 1.807) is 0 Å². The van der Waals surface area contributed by atoms with Gasteiger partial charge in [0.2, 0.25) is 0 Å². The van der Waals surface area contributed by atoms with Gasteiger partial charge in [-0.2, -0.15) is 5.10 Å². The third kappa shape index (κ3) is 4.04. The molecule has 8 heteroatoms. The lowest BCUT2D eigenvalue weighted by Gasteiger charge is -2.03. The van der Waals surface area contributed by atoms with E-state index in [-0.39, 0.29) is 11.7 Å². The molecule has 0 saturated heterocycles. The zero-order valence-corrected chi connectivity index (χ0v) is 13.2. The quantitative estimate of drug-likeness (QED) is 0.602. The monoisotopic (exact) mass is 312 g/mol. The number of ether oxygens (including phenoxy) is 1. The van der Waals surface area contributed by atoms with Crippen LogP contribution in [-0.4, -0.2) is 38.8 Å². The molecule has 20 heavy (non-hydrogen) atoms. The van der Waals surface area contributed by atoms with Gasteiger partial charge in [0.15, 0.2) is 9.35 Å². The largest absolute Gasteiger partial charge is 0.468 e. The highest BCUT2D eigenvalue weighted by Gasteiger charge is 2.12. The molecule has 0 saturated carbocycles. The van der Waals surface area contributed by atoms with E-state index in [1.807, 2.05) is 16.9 Å². The second kappa shape index (κ2) is 6.85. The first-order chi connectivity index (χ1) is 9.58. The van der Waals surface area contributed by atoms with Crippen LogP contribution in [0.5, 0.6) is 0 Å². The Hall–Kier alpha value is -1.41. The molecular weight excluding hydrogens is 296 g/mol. The zero-order valence-electron chi connectivity index (χ0n) is 11.6. The van der Waals surface area contributed by atoms with Crippen molar-refractivity contribution in [3.63, 3.8) is 0 Å². The smallest absolute Gasteiger partial charge is 0.316 e. The predicted molar refractivity (Wildman–Crippen MR) is 78.7 cm³/mol. The van der Waals surface area contributed by atoms with Crippen molar-refractivity contribution in [2.45, 2.75) is 24.7 Å². The summed E-state index contributed by atoms with van der Waals surface area (Å²) in [4.78, 5) is 11.1. The van der Waals surface area contributed by atoms with Crippen LogP contribution < -0.4 is 0 Å². The first-order valence-corrected chi connectivity index (χ1v) is 7.95. The molecule has 2 rings (SSSR count). The molecule has 0 fully saturated rings. The second-order valence-corrected chi connectivity index (χ2v) is 6.75. The molecule has 0 radical (unpaired) electrons. The lowest BCUT2D eigenvalue weighted by Crippen LogP contribution is -2.04. The molecule has 0 unspecified atom stereocenters. The molecule has 0 spiro atoms. The molecule has 0 atom stereocenters.